The Bertz CT molecular complexity index is 736. The van der Waals surface area contributed by atoms with E-state index in [1.165, 1.54) is 0 Å². The summed E-state index contributed by atoms with van der Waals surface area (Å²) in [4.78, 5) is 0. The van der Waals surface area contributed by atoms with Crippen molar-refractivity contribution in [3.8, 4) is 23.0 Å². The molecule has 25 heavy (non-hydrogen) atoms. The average Bonchev–Trinajstić information content (AvgIpc) is 2.63. The highest BCUT2D eigenvalue weighted by Gasteiger charge is 2.13. The van der Waals surface area contributed by atoms with Crippen LogP contribution in [0, 0.1) is 0 Å². The largest absolute Gasteiger partial charge is 0.490 e. The molecule has 134 valence electrons. The molecule has 0 fully saturated rings. The third-order valence-corrected chi connectivity index (χ3v) is 4.09. The van der Waals surface area contributed by atoms with Gasteiger partial charge >= 0.3 is 0 Å². The molecule has 2 aromatic rings. The van der Waals surface area contributed by atoms with Crippen LogP contribution in [0.3, 0.4) is 0 Å². The summed E-state index contributed by atoms with van der Waals surface area (Å²) < 4.78 is 22.4. The third kappa shape index (κ3) is 4.23. The number of benzene rings is 2. The van der Waals surface area contributed by atoms with Gasteiger partial charge in [0.25, 0.3) is 0 Å². The van der Waals surface area contributed by atoms with Crippen molar-refractivity contribution in [2.45, 2.75) is 20.4 Å². The Morgan fingerprint density at radius 3 is 2.36 bits per heavy atom. The van der Waals surface area contributed by atoms with Crippen LogP contribution in [0.2, 0.25) is 5.02 Å². The fourth-order valence-corrected chi connectivity index (χ4v) is 2.82. The summed E-state index contributed by atoms with van der Waals surface area (Å²) in [5.74, 6) is 2.89. The lowest BCUT2D eigenvalue weighted by atomic mass is 10.2. The summed E-state index contributed by atoms with van der Waals surface area (Å²) in [6.45, 7) is 6.71. The quantitative estimate of drug-likeness (QED) is 0.783. The lowest BCUT2D eigenvalue weighted by Crippen LogP contribution is -2.15. The minimum atomic E-state index is 0.560. The molecule has 0 radical (unpaired) electrons. The van der Waals surface area contributed by atoms with Gasteiger partial charge in [0.2, 0.25) is 0 Å². The summed E-state index contributed by atoms with van der Waals surface area (Å²) >= 11 is 6.40. The number of ether oxygens (including phenoxy) is 4. The van der Waals surface area contributed by atoms with E-state index < -0.39 is 0 Å². The van der Waals surface area contributed by atoms with Gasteiger partial charge in [0.15, 0.2) is 23.0 Å². The fourth-order valence-electron chi connectivity index (χ4n) is 2.60. The first-order valence-electron chi connectivity index (χ1n) is 8.42. The van der Waals surface area contributed by atoms with Gasteiger partial charge in [-0.15, -0.1) is 0 Å². The molecule has 0 atom stereocenters. The smallest absolute Gasteiger partial charge is 0.163 e. The molecule has 2 aromatic carbocycles. The van der Waals surface area contributed by atoms with E-state index in [0.29, 0.717) is 49.5 Å². The van der Waals surface area contributed by atoms with E-state index in [2.05, 4.69) is 5.32 Å². The van der Waals surface area contributed by atoms with Gasteiger partial charge in [0, 0.05) is 29.4 Å². The summed E-state index contributed by atoms with van der Waals surface area (Å²) in [5, 5.41) is 3.99. The van der Waals surface area contributed by atoms with Crippen LogP contribution in [0.15, 0.2) is 30.3 Å². The average molecular weight is 364 g/mol. The van der Waals surface area contributed by atoms with Gasteiger partial charge in [0.05, 0.1) is 13.2 Å². The molecule has 0 aromatic heterocycles. The van der Waals surface area contributed by atoms with Crippen LogP contribution in [0.4, 0.5) is 5.69 Å². The molecule has 0 unspecified atom stereocenters. The highest BCUT2D eigenvalue weighted by molar-refractivity contribution is 6.31. The van der Waals surface area contributed by atoms with Crippen molar-refractivity contribution in [2.75, 3.05) is 31.7 Å². The molecule has 0 bridgehead atoms. The SMILES string of the molecule is CCOc1cc(Cl)c(CNc2ccc3c(c2)OCCO3)cc1OCC. The van der Waals surface area contributed by atoms with E-state index in [-0.39, 0.29) is 0 Å². The summed E-state index contributed by atoms with van der Waals surface area (Å²) in [6, 6.07) is 9.51. The highest BCUT2D eigenvalue weighted by atomic mass is 35.5. The van der Waals surface area contributed by atoms with E-state index >= 15 is 0 Å². The zero-order chi connectivity index (χ0) is 17.6. The van der Waals surface area contributed by atoms with Crippen molar-refractivity contribution in [3.05, 3.63) is 40.9 Å². The number of rotatable bonds is 7. The third-order valence-electron chi connectivity index (χ3n) is 3.74. The summed E-state index contributed by atoms with van der Waals surface area (Å²) in [7, 11) is 0. The first kappa shape index (κ1) is 17.5. The molecule has 1 aliphatic rings. The molecule has 5 nitrogen and oxygen atoms in total. The normalized spacial score (nSPS) is 12.6. The number of nitrogens with one attached hydrogen (secondary N) is 1. The Labute approximate surface area is 152 Å². The second-order valence-corrected chi connectivity index (χ2v) is 5.88. The van der Waals surface area contributed by atoms with Crippen molar-refractivity contribution in [3.63, 3.8) is 0 Å². The Morgan fingerprint density at radius 1 is 0.960 bits per heavy atom. The molecule has 0 aliphatic carbocycles. The molecule has 6 heteroatoms. The van der Waals surface area contributed by atoms with Gasteiger partial charge in [-0.1, -0.05) is 11.6 Å². The number of hydrogen-bond acceptors (Lipinski definition) is 5. The van der Waals surface area contributed by atoms with Crippen LogP contribution in [-0.2, 0) is 6.54 Å². The Morgan fingerprint density at radius 2 is 1.64 bits per heavy atom. The van der Waals surface area contributed by atoms with Crippen LogP contribution >= 0.6 is 11.6 Å². The van der Waals surface area contributed by atoms with E-state index in [1.807, 2.05) is 38.1 Å². The van der Waals surface area contributed by atoms with Gasteiger partial charge in [-0.2, -0.15) is 0 Å². The second kappa shape index (κ2) is 8.21. The summed E-state index contributed by atoms with van der Waals surface area (Å²) in [5.41, 5.74) is 1.87. The standard InChI is InChI=1S/C19H22ClNO4/c1-3-22-17-9-13(15(20)11-19(17)23-4-2)12-21-14-5-6-16-18(10-14)25-8-7-24-16/h5-6,9-11,21H,3-4,7-8,12H2,1-2H3. The first-order valence-corrected chi connectivity index (χ1v) is 8.80. The minimum Gasteiger partial charge on any atom is -0.490 e. The summed E-state index contributed by atoms with van der Waals surface area (Å²) in [6.07, 6.45) is 0. The predicted octanol–water partition coefficient (Wildman–Crippen LogP) is 4.52. The van der Waals surface area contributed by atoms with Crippen LogP contribution in [-0.4, -0.2) is 26.4 Å². The first-order chi connectivity index (χ1) is 12.2. The van der Waals surface area contributed by atoms with Crippen LogP contribution in [0.1, 0.15) is 19.4 Å². The lowest BCUT2D eigenvalue weighted by Gasteiger charge is -2.19. The van der Waals surface area contributed by atoms with Gasteiger partial charge in [-0.05, 0) is 37.6 Å². The maximum atomic E-state index is 6.40. The van der Waals surface area contributed by atoms with E-state index in [0.717, 1.165) is 22.7 Å². The van der Waals surface area contributed by atoms with E-state index in [9.17, 15) is 0 Å². The highest BCUT2D eigenvalue weighted by Crippen LogP contribution is 2.35. The Kier molecular flexibility index (Phi) is 5.76. The molecule has 0 saturated heterocycles. The Hall–Kier alpha value is -2.27. The van der Waals surface area contributed by atoms with Gasteiger partial charge in [0.1, 0.15) is 13.2 Å². The lowest BCUT2D eigenvalue weighted by molar-refractivity contribution is 0.171. The van der Waals surface area contributed by atoms with Crippen molar-refractivity contribution in [1.29, 1.82) is 0 Å². The van der Waals surface area contributed by atoms with Crippen molar-refractivity contribution < 1.29 is 18.9 Å². The number of fused-ring (bicyclic) bond motifs is 1. The van der Waals surface area contributed by atoms with E-state index in [1.54, 1.807) is 6.07 Å². The molecule has 3 rings (SSSR count). The monoisotopic (exact) mass is 363 g/mol. The fraction of sp³-hybridized carbons (Fsp3) is 0.368. The molecule has 0 spiro atoms. The number of anilines is 1. The van der Waals surface area contributed by atoms with Crippen LogP contribution in [0.25, 0.3) is 0 Å². The van der Waals surface area contributed by atoms with Crippen LogP contribution in [0.5, 0.6) is 23.0 Å². The zero-order valence-corrected chi connectivity index (χ0v) is 15.2. The van der Waals surface area contributed by atoms with E-state index in [4.69, 9.17) is 30.5 Å². The number of hydrogen-bond donors (Lipinski definition) is 1. The molecular formula is C19H22ClNO4. The second-order valence-electron chi connectivity index (χ2n) is 5.47. The maximum absolute atomic E-state index is 6.40. The molecule has 1 heterocycles. The number of halogens is 1. The van der Waals surface area contributed by atoms with Gasteiger partial charge in [-0.3, -0.25) is 0 Å². The Balaban J connectivity index is 1.75. The predicted molar refractivity (Wildman–Crippen MR) is 98.5 cm³/mol. The molecular weight excluding hydrogens is 342 g/mol. The zero-order valence-electron chi connectivity index (χ0n) is 14.4. The van der Waals surface area contributed by atoms with Gasteiger partial charge < -0.3 is 24.3 Å². The molecule has 1 N–H and O–H groups in total. The molecule has 1 aliphatic heterocycles. The molecule has 0 saturated carbocycles. The van der Waals surface area contributed by atoms with Crippen molar-refractivity contribution in [1.82, 2.24) is 0 Å². The van der Waals surface area contributed by atoms with Crippen molar-refractivity contribution >= 4 is 17.3 Å². The topological polar surface area (TPSA) is 49.0 Å². The minimum absolute atomic E-state index is 0.560. The van der Waals surface area contributed by atoms with Crippen molar-refractivity contribution in [2.24, 2.45) is 0 Å². The molecule has 0 amide bonds. The maximum Gasteiger partial charge on any atom is 0.163 e. The van der Waals surface area contributed by atoms with Crippen LogP contribution < -0.4 is 24.3 Å². The van der Waals surface area contributed by atoms with Gasteiger partial charge in [-0.25, -0.2) is 0 Å².